The number of sulfonamides is 1. The normalized spacial score (nSPS) is 14.2. The van der Waals surface area contributed by atoms with Crippen LogP contribution in [0.4, 0.5) is 5.69 Å². The Kier molecular flexibility index (Phi) is 12.3. The number of benzene rings is 3. The van der Waals surface area contributed by atoms with E-state index in [4.69, 9.17) is 4.74 Å². The molecule has 0 bridgehead atoms. The van der Waals surface area contributed by atoms with Gasteiger partial charge in [0, 0.05) is 36.4 Å². The van der Waals surface area contributed by atoms with Gasteiger partial charge in [0.2, 0.25) is 21.8 Å². The predicted molar refractivity (Wildman–Crippen MR) is 178 cm³/mol. The molecule has 1 aliphatic rings. The van der Waals surface area contributed by atoms with Gasteiger partial charge in [0.15, 0.2) is 0 Å². The van der Waals surface area contributed by atoms with Crippen LogP contribution in [0.3, 0.4) is 0 Å². The SMILES string of the molecule is CCOc1ccccc1N(CCCC(=O)N(Cc1cccc(Br)c1)[C@@H](Cc1ccccc1)C(=O)NC1CCCC1)S(C)(=O)=O. The van der Waals surface area contributed by atoms with Gasteiger partial charge >= 0.3 is 0 Å². The van der Waals surface area contributed by atoms with Crippen LogP contribution in [0.5, 0.6) is 5.75 Å². The van der Waals surface area contributed by atoms with E-state index in [2.05, 4.69) is 21.2 Å². The van der Waals surface area contributed by atoms with Gasteiger partial charge in [-0.1, -0.05) is 83.4 Å². The Labute approximate surface area is 270 Å². The van der Waals surface area contributed by atoms with E-state index < -0.39 is 16.1 Å². The number of amides is 2. The zero-order valence-corrected chi connectivity index (χ0v) is 27.9. The van der Waals surface area contributed by atoms with E-state index in [0.717, 1.165) is 47.5 Å². The summed E-state index contributed by atoms with van der Waals surface area (Å²) in [4.78, 5) is 29.6. The maximum Gasteiger partial charge on any atom is 0.243 e. The van der Waals surface area contributed by atoms with Crippen LogP contribution < -0.4 is 14.4 Å². The number of ether oxygens (including phenoxy) is 1. The number of carbonyl (C=O) groups excluding carboxylic acids is 2. The van der Waals surface area contributed by atoms with Crippen molar-refractivity contribution in [2.45, 2.75) is 70.5 Å². The van der Waals surface area contributed by atoms with Crippen LogP contribution in [0.25, 0.3) is 0 Å². The van der Waals surface area contributed by atoms with E-state index in [0.29, 0.717) is 24.5 Å². The Balaban J connectivity index is 1.60. The molecule has 0 heterocycles. The smallest absolute Gasteiger partial charge is 0.243 e. The Bertz CT molecular complexity index is 1500. The van der Waals surface area contributed by atoms with E-state index in [9.17, 15) is 18.0 Å². The van der Waals surface area contributed by atoms with E-state index in [1.807, 2.05) is 61.5 Å². The molecule has 1 aliphatic carbocycles. The van der Waals surface area contributed by atoms with Crippen molar-refractivity contribution in [3.8, 4) is 5.75 Å². The topological polar surface area (TPSA) is 96.0 Å². The molecule has 0 unspecified atom stereocenters. The van der Waals surface area contributed by atoms with Gasteiger partial charge in [-0.2, -0.15) is 0 Å². The number of hydrogen-bond donors (Lipinski definition) is 1. The highest BCUT2D eigenvalue weighted by Gasteiger charge is 2.32. The Hall–Kier alpha value is -3.37. The zero-order valence-electron chi connectivity index (χ0n) is 25.5. The fourth-order valence-corrected chi connectivity index (χ4v) is 7.09. The molecule has 1 atom stereocenters. The monoisotopic (exact) mass is 683 g/mol. The Morgan fingerprint density at radius 1 is 0.977 bits per heavy atom. The van der Waals surface area contributed by atoms with Crippen molar-refractivity contribution in [2.24, 2.45) is 0 Å². The molecule has 10 heteroatoms. The van der Waals surface area contributed by atoms with Gasteiger partial charge in [-0.15, -0.1) is 0 Å². The minimum Gasteiger partial charge on any atom is -0.492 e. The highest BCUT2D eigenvalue weighted by Crippen LogP contribution is 2.30. The van der Waals surface area contributed by atoms with Crippen LogP contribution in [-0.4, -0.2) is 56.6 Å². The molecule has 1 fully saturated rings. The average Bonchev–Trinajstić information content (AvgIpc) is 3.50. The molecule has 0 spiro atoms. The summed E-state index contributed by atoms with van der Waals surface area (Å²) in [6.07, 6.45) is 5.90. The highest BCUT2D eigenvalue weighted by atomic mass is 79.9. The molecule has 0 saturated heterocycles. The molecule has 2 amide bonds. The number of nitrogens with one attached hydrogen (secondary N) is 1. The first-order chi connectivity index (χ1) is 21.2. The summed E-state index contributed by atoms with van der Waals surface area (Å²) < 4.78 is 33.6. The summed E-state index contributed by atoms with van der Waals surface area (Å²) in [6.45, 7) is 2.58. The summed E-state index contributed by atoms with van der Waals surface area (Å²) in [5.74, 6) is 0.0982. The Morgan fingerprint density at radius 2 is 1.66 bits per heavy atom. The van der Waals surface area contributed by atoms with Gasteiger partial charge in [0.25, 0.3) is 0 Å². The van der Waals surface area contributed by atoms with Crippen LogP contribution in [0, 0.1) is 0 Å². The van der Waals surface area contributed by atoms with E-state index in [-0.39, 0.29) is 43.8 Å². The van der Waals surface area contributed by atoms with Crippen molar-refractivity contribution in [1.29, 1.82) is 0 Å². The van der Waals surface area contributed by atoms with Gasteiger partial charge in [0.1, 0.15) is 11.8 Å². The van der Waals surface area contributed by atoms with E-state index >= 15 is 0 Å². The molecule has 236 valence electrons. The summed E-state index contributed by atoms with van der Waals surface area (Å²) >= 11 is 3.53. The lowest BCUT2D eigenvalue weighted by molar-refractivity contribution is -0.141. The van der Waals surface area contributed by atoms with Crippen molar-refractivity contribution < 1.29 is 22.7 Å². The highest BCUT2D eigenvalue weighted by molar-refractivity contribution is 9.10. The fourth-order valence-electron chi connectivity index (χ4n) is 5.68. The minimum absolute atomic E-state index is 0.0683. The molecular formula is C34H42BrN3O5S. The number of halogens is 1. The third kappa shape index (κ3) is 9.56. The second kappa shape index (κ2) is 16.1. The lowest BCUT2D eigenvalue weighted by atomic mass is 10.0. The second-order valence-electron chi connectivity index (χ2n) is 11.2. The van der Waals surface area contributed by atoms with Crippen LogP contribution in [0.1, 0.15) is 56.6 Å². The van der Waals surface area contributed by atoms with Gasteiger partial charge in [-0.25, -0.2) is 8.42 Å². The fraction of sp³-hybridized carbons (Fsp3) is 0.412. The number of carbonyl (C=O) groups is 2. The number of nitrogens with zero attached hydrogens (tertiary/aromatic N) is 2. The van der Waals surface area contributed by atoms with Crippen LogP contribution in [0.15, 0.2) is 83.3 Å². The zero-order chi connectivity index (χ0) is 31.5. The molecule has 8 nitrogen and oxygen atoms in total. The van der Waals surface area contributed by atoms with Crippen LogP contribution in [-0.2, 0) is 32.6 Å². The summed E-state index contributed by atoms with van der Waals surface area (Å²) in [5.41, 5.74) is 2.29. The van der Waals surface area contributed by atoms with Gasteiger partial charge < -0.3 is 15.0 Å². The largest absolute Gasteiger partial charge is 0.492 e. The molecular weight excluding hydrogens is 642 g/mol. The van der Waals surface area contributed by atoms with Crippen LogP contribution in [0.2, 0.25) is 0 Å². The quantitative estimate of drug-likeness (QED) is 0.209. The van der Waals surface area contributed by atoms with Crippen molar-refractivity contribution in [3.63, 3.8) is 0 Å². The molecule has 0 radical (unpaired) electrons. The molecule has 3 aromatic rings. The van der Waals surface area contributed by atoms with Crippen molar-refractivity contribution >= 4 is 43.5 Å². The number of rotatable bonds is 15. The first-order valence-electron chi connectivity index (χ1n) is 15.2. The van der Waals surface area contributed by atoms with Gasteiger partial charge in [-0.3, -0.25) is 13.9 Å². The first-order valence-corrected chi connectivity index (χ1v) is 17.9. The molecule has 44 heavy (non-hydrogen) atoms. The molecule has 0 aliphatic heterocycles. The molecule has 3 aromatic carbocycles. The molecule has 1 N–H and O–H groups in total. The average molecular weight is 685 g/mol. The number of anilines is 1. The van der Waals surface area contributed by atoms with E-state index in [1.165, 1.54) is 4.31 Å². The van der Waals surface area contributed by atoms with Crippen molar-refractivity contribution in [1.82, 2.24) is 10.2 Å². The Morgan fingerprint density at radius 3 is 2.34 bits per heavy atom. The third-order valence-corrected chi connectivity index (χ3v) is 9.47. The number of para-hydroxylation sites is 2. The standard InChI is InChI=1S/C34H42BrN3O5S/c1-3-43-32-20-10-9-19-30(32)38(44(2,41)42)22-12-21-33(39)37(25-27-15-11-16-28(35)23-27)31(24-26-13-5-4-6-14-26)34(40)36-29-17-7-8-18-29/h4-6,9-11,13-16,19-20,23,29,31H,3,7-8,12,17-18,21-22,24-25H2,1-2H3,(H,36,40)/t31-/m0/s1. The van der Waals surface area contributed by atoms with E-state index in [1.54, 1.807) is 29.2 Å². The minimum atomic E-state index is -3.66. The lowest BCUT2D eigenvalue weighted by Crippen LogP contribution is -2.52. The lowest BCUT2D eigenvalue weighted by Gasteiger charge is -2.33. The summed E-state index contributed by atoms with van der Waals surface area (Å²) in [6, 6.07) is 23.8. The first kappa shape index (κ1) is 33.5. The van der Waals surface area contributed by atoms with Gasteiger partial charge in [-0.05, 0) is 61.6 Å². The molecule has 4 rings (SSSR count). The maximum absolute atomic E-state index is 14.1. The maximum atomic E-state index is 14.1. The third-order valence-electron chi connectivity index (χ3n) is 7.80. The van der Waals surface area contributed by atoms with Crippen molar-refractivity contribution in [2.75, 3.05) is 23.7 Å². The predicted octanol–water partition coefficient (Wildman–Crippen LogP) is 6.09. The second-order valence-corrected chi connectivity index (χ2v) is 14.0. The van der Waals surface area contributed by atoms with Gasteiger partial charge in [0.05, 0.1) is 18.6 Å². The summed E-state index contributed by atoms with van der Waals surface area (Å²) in [7, 11) is -3.66. The van der Waals surface area contributed by atoms with Crippen molar-refractivity contribution in [3.05, 3.63) is 94.5 Å². The van der Waals surface area contributed by atoms with Crippen LogP contribution >= 0.6 is 15.9 Å². The molecule has 1 saturated carbocycles. The number of hydrogen-bond acceptors (Lipinski definition) is 5. The summed E-state index contributed by atoms with van der Waals surface area (Å²) in [5, 5.41) is 3.22. The molecule has 0 aromatic heterocycles.